The van der Waals surface area contributed by atoms with Crippen molar-refractivity contribution in [1.82, 2.24) is 36.1 Å². The lowest BCUT2D eigenvalue weighted by Gasteiger charge is -2.31. The number of carbonyl (C=O) groups excluding carboxylic acids is 4. The molecule has 1 aliphatic heterocycles. The number of amides is 4. The predicted octanol–water partition coefficient (Wildman–Crippen LogP) is 3.15. The third-order valence-corrected chi connectivity index (χ3v) is 10.3. The third-order valence-electron chi connectivity index (χ3n) is 8.44. The van der Waals surface area contributed by atoms with Gasteiger partial charge in [-0.05, 0) is 47.4 Å². The van der Waals surface area contributed by atoms with Crippen LogP contribution in [0.25, 0.3) is 10.9 Å². The Balaban J connectivity index is 1.56. The van der Waals surface area contributed by atoms with Crippen molar-refractivity contribution < 1.29 is 19.2 Å². The van der Waals surface area contributed by atoms with Gasteiger partial charge in [0.15, 0.2) is 0 Å². The number of nitrogens with zero attached hydrogens (tertiary/aromatic N) is 2. The molecule has 0 saturated carbocycles. The number of H-pyrrole nitrogens is 1. The van der Waals surface area contributed by atoms with E-state index >= 15 is 0 Å². The fraction of sp³-hybridized carbons (Fsp3) is 0.324. The second-order valence-corrected chi connectivity index (χ2v) is 13.5. The van der Waals surface area contributed by atoms with E-state index in [1.165, 1.54) is 30.8 Å². The minimum absolute atomic E-state index is 0.0624. The highest BCUT2D eigenvalue weighted by atomic mass is 35.5. The molecule has 0 fully saturated rings. The van der Waals surface area contributed by atoms with E-state index in [0.717, 1.165) is 22.0 Å². The summed E-state index contributed by atoms with van der Waals surface area (Å²) in [4.78, 5) is 63.7. The first-order valence-corrected chi connectivity index (χ1v) is 17.3. The summed E-state index contributed by atoms with van der Waals surface area (Å²) in [7, 11) is 3.04. The Labute approximate surface area is 298 Å². The number of nitrogens with one attached hydrogen (secondary N) is 5. The first kappa shape index (κ1) is 36.1. The van der Waals surface area contributed by atoms with Gasteiger partial charge in [0.2, 0.25) is 23.6 Å². The van der Waals surface area contributed by atoms with Crippen LogP contribution in [-0.4, -0.2) is 77.3 Å². The monoisotopic (exact) mass is 724 g/mol. The van der Waals surface area contributed by atoms with Crippen LogP contribution in [0.2, 0.25) is 10.0 Å². The molecule has 0 aliphatic carbocycles. The van der Waals surface area contributed by atoms with Crippen molar-refractivity contribution in [3.05, 3.63) is 87.7 Å². The molecule has 258 valence electrons. The number of rotatable bonds is 6. The summed E-state index contributed by atoms with van der Waals surface area (Å²) >= 11 is 14.5. The highest BCUT2D eigenvalue weighted by molar-refractivity contribution is 7.99. The van der Waals surface area contributed by atoms with Crippen LogP contribution in [0, 0.1) is 0 Å². The van der Waals surface area contributed by atoms with Crippen LogP contribution in [-0.2, 0) is 38.7 Å². The molecule has 4 aromatic rings. The van der Waals surface area contributed by atoms with E-state index in [0.29, 0.717) is 25.5 Å². The molecule has 0 bridgehead atoms. The minimum Gasteiger partial charge on any atom is -0.361 e. The Morgan fingerprint density at radius 2 is 1.86 bits per heavy atom. The average molecular weight is 726 g/mol. The van der Waals surface area contributed by atoms with Crippen molar-refractivity contribution in [1.29, 1.82) is 0 Å². The molecule has 49 heavy (non-hydrogen) atoms. The van der Waals surface area contributed by atoms with E-state index in [4.69, 9.17) is 28.9 Å². The van der Waals surface area contributed by atoms with Crippen molar-refractivity contribution in [2.45, 2.75) is 60.4 Å². The molecule has 0 unspecified atom stereocenters. The van der Waals surface area contributed by atoms with Gasteiger partial charge in [-0.2, -0.15) is 0 Å². The second-order valence-electron chi connectivity index (χ2n) is 11.6. The Bertz CT molecular complexity index is 1850. The van der Waals surface area contributed by atoms with Crippen LogP contribution in [0.3, 0.4) is 0 Å². The maximum atomic E-state index is 14.1. The van der Waals surface area contributed by atoms with Crippen molar-refractivity contribution in [3.8, 4) is 0 Å². The topological polar surface area (TPSA) is 174 Å². The van der Waals surface area contributed by atoms with Crippen LogP contribution in [0.4, 0.5) is 0 Å². The molecule has 3 heterocycles. The SMILES string of the molecule is CNC(=O)CC[C@@H]1NCc2cccnc2Sc2c(Cl)cc(Cl)cc2CNC(=O)[C@H](Cc2c[nH]c3ccccc23)N(C)C(=O)[C@H](CN)NC1=O. The number of aromatic nitrogens is 2. The van der Waals surface area contributed by atoms with Crippen LogP contribution in [0.1, 0.15) is 29.5 Å². The molecule has 0 radical (unpaired) electrons. The molecule has 2 aromatic carbocycles. The van der Waals surface area contributed by atoms with E-state index in [1.807, 2.05) is 36.5 Å². The number of para-hydroxylation sites is 1. The third kappa shape index (κ3) is 8.72. The number of carbonyl (C=O) groups is 4. The number of halogens is 2. The van der Waals surface area contributed by atoms with Gasteiger partial charge in [0, 0.05) is 79.8 Å². The van der Waals surface area contributed by atoms with E-state index in [2.05, 4.69) is 31.2 Å². The van der Waals surface area contributed by atoms with E-state index in [-0.39, 0.29) is 44.8 Å². The zero-order valence-electron chi connectivity index (χ0n) is 27.0. The number of aromatic amines is 1. The fourth-order valence-electron chi connectivity index (χ4n) is 5.67. The van der Waals surface area contributed by atoms with Gasteiger partial charge in [0.25, 0.3) is 0 Å². The molecule has 3 atom stereocenters. The largest absolute Gasteiger partial charge is 0.361 e. The Morgan fingerprint density at radius 1 is 1.06 bits per heavy atom. The predicted molar refractivity (Wildman–Crippen MR) is 190 cm³/mol. The number of hydrogen-bond donors (Lipinski definition) is 6. The maximum absolute atomic E-state index is 14.1. The number of fused-ring (bicyclic) bond motifs is 3. The highest BCUT2D eigenvalue weighted by Gasteiger charge is 2.34. The van der Waals surface area contributed by atoms with Crippen molar-refractivity contribution in [3.63, 3.8) is 0 Å². The Hall–Kier alpha value is -4.14. The van der Waals surface area contributed by atoms with Crippen molar-refractivity contribution >= 4 is 69.5 Å². The molecule has 0 spiro atoms. The first-order chi connectivity index (χ1) is 23.6. The zero-order valence-corrected chi connectivity index (χ0v) is 29.3. The molecule has 7 N–H and O–H groups in total. The van der Waals surface area contributed by atoms with Crippen LogP contribution < -0.4 is 27.0 Å². The van der Waals surface area contributed by atoms with Gasteiger partial charge < -0.3 is 36.9 Å². The lowest BCUT2D eigenvalue weighted by Crippen LogP contribution is -2.59. The van der Waals surface area contributed by atoms with Crippen molar-refractivity contribution in [2.75, 3.05) is 20.6 Å². The van der Waals surface area contributed by atoms with Crippen LogP contribution in [0.15, 0.2) is 70.8 Å². The number of pyridine rings is 1. The van der Waals surface area contributed by atoms with Gasteiger partial charge in [-0.15, -0.1) is 0 Å². The molecule has 5 rings (SSSR count). The van der Waals surface area contributed by atoms with E-state index < -0.39 is 35.8 Å². The molecule has 1 aliphatic rings. The Kier molecular flexibility index (Phi) is 12.2. The average Bonchev–Trinajstić information content (AvgIpc) is 3.51. The molecule has 12 nitrogen and oxygen atoms in total. The number of hydrogen-bond acceptors (Lipinski definition) is 8. The summed E-state index contributed by atoms with van der Waals surface area (Å²) in [5.41, 5.74) is 9.20. The van der Waals surface area contributed by atoms with Gasteiger partial charge in [-0.1, -0.05) is 59.2 Å². The summed E-state index contributed by atoms with van der Waals surface area (Å²) in [5.74, 6) is -1.72. The number of nitrogens with two attached hydrogens (primary N) is 1. The quantitative estimate of drug-likeness (QED) is 0.176. The summed E-state index contributed by atoms with van der Waals surface area (Å²) in [5, 5.41) is 13.9. The molecular formula is C34H38Cl2N8O4S. The van der Waals surface area contributed by atoms with Gasteiger partial charge >= 0.3 is 0 Å². The number of benzene rings is 2. The number of likely N-dealkylation sites (N-methyl/N-ethyl adjacent to an activating group) is 1. The van der Waals surface area contributed by atoms with E-state index in [9.17, 15) is 19.2 Å². The maximum Gasteiger partial charge on any atom is 0.246 e. The first-order valence-electron chi connectivity index (χ1n) is 15.7. The molecule has 2 aromatic heterocycles. The van der Waals surface area contributed by atoms with E-state index in [1.54, 1.807) is 24.4 Å². The fourth-order valence-corrected chi connectivity index (χ4v) is 7.32. The van der Waals surface area contributed by atoms with Gasteiger partial charge in [-0.25, -0.2) is 4.98 Å². The smallest absolute Gasteiger partial charge is 0.246 e. The lowest BCUT2D eigenvalue weighted by molar-refractivity contribution is -0.141. The standard InChI is InChI=1S/C34H38Cl2N8O4S/c1-38-29(45)10-9-26-31(46)43-27(15-37)34(48)44(2)28(13-20-17-40-25-8-4-3-7-23(20)25)32(47)42-18-21-12-22(35)14-24(36)30(21)49-33-19(16-41-26)6-5-11-39-33/h3-8,11-12,14,17,26-28,40-41H,9-10,13,15-16,18,37H2,1-2H3,(H,38,45)(H,42,47)(H,43,46)/t26-,27-,28-/m0/s1. The lowest BCUT2D eigenvalue weighted by atomic mass is 10.0. The summed E-state index contributed by atoms with van der Waals surface area (Å²) < 4.78 is 0. The summed E-state index contributed by atoms with van der Waals surface area (Å²) in [6.45, 7) is 0.0618. The van der Waals surface area contributed by atoms with Crippen LogP contribution >= 0.6 is 35.0 Å². The Morgan fingerprint density at radius 3 is 2.63 bits per heavy atom. The molecular weight excluding hydrogens is 687 g/mol. The van der Waals surface area contributed by atoms with Crippen molar-refractivity contribution in [2.24, 2.45) is 5.73 Å². The zero-order chi connectivity index (χ0) is 35.1. The molecule has 15 heteroatoms. The molecule has 4 amide bonds. The van der Waals surface area contributed by atoms with Gasteiger partial charge in [0.1, 0.15) is 17.1 Å². The van der Waals surface area contributed by atoms with Crippen LogP contribution in [0.5, 0.6) is 0 Å². The highest BCUT2D eigenvalue weighted by Crippen LogP contribution is 2.38. The normalized spacial score (nSPS) is 19.4. The van der Waals surface area contributed by atoms with Gasteiger partial charge in [0.05, 0.1) is 11.1 Å². The second kappa shape index (κ2) is 16.5. The molecule has 0 saturated heterocycles. The summed E-state index contributed by atoms with van der Waals surface area (Å²) in [6, 6.07) is 11.7. The minimum atomic E-state index is -1.14. The summed E-state index contributed by atoms with van der Waals surface area (Å²) in [6.07, 6.45) is 3.86. The van der Waals surface area contributed by atoms with Gasteiger partial charge in [-0.3, -0.25) is 19.2 Å².